The second-order valence-electron chi connectivity index (χ2n) is 4.48. The van der Waals surface area contributed by atoms with E-state index < -0.39 is 21.4 Å². The molecule has 5 nitrogen and oxygen atoms in total. The topological polar surface area (TPSA) is 92.4 Å². The highest BCUT2D eigenvalue weighted by Gasteiger charge is 2.24. The van der Waals surface area contributed by atoms with Crippen LogP contribution >= 0.6 is 15.9 Å². The zero-order valence-corrected chi connectivity index (χ0v) is 13.0. The zero-order valence-electron chi connectivity index (χ0n) is 10.6. The van der Waals surface area contributed by atoms with Gasteiger partial charge in [-0.3, -0.25) is 0 Å². The van der Waals surface area contributed by atoms with Crippen LogP contribution in [0.2, 0.25) is 0 Å². The van der Waals surface area contributed by atoms with Gasteiger partial charge in [0.2, 0.25) is 10.0 Å². The van der Waals surface area contributed by atoms with E-state index in [-0.39, 0.29) is 21.6 Å². The standard InChI is InChI=1S/C11H16BrFN2O3S/c1-3-11(2,16)6-15-19(17,18)10-5-9(14)8(13)4-7(10)12/h4-5,15-16H,3,6,14H2,1-2H3. The van der Waals surface area contributed by atoms with E-state index in [1.54, 1.807) is 6.92 Å². The molecule has 1 rings (SSSR count). The number of nitrogen functional groups attached to an aromatic ring is 1. The van der Waals surface area contributed by atoms with Gasteiger partial charge >= 0.3 is 0 Å². The molecule has 0 saturated carbocycles. The SMILES string of the molecule is CCC(C)(O)CNS(=O)(=O)c1cc(N)c(F)cc1Br. The number of hydrogen-bond acceptors (Lipinski definition) is 4. The molecule has 4 N–H and O–H groups in total. The molecule has 108 valence electrons. The average Bonchev–Trinajstić information content (AvgIpc) is 2.31. The maximum absolute atomic E-state index is 13.2. The second kappa shape index (κ2) is 5.74. The van der Waals surface area contributed by atoms with Crippen molar-refractivity contribution in [2.75, 3.05) is 12.3 Å². The Kier molecular flexibility index (Phi) is 4.94. The van der Waals surface area contributed by atoms with Crippen LogP contribution in [0.25, 0.3) is 0 Å². The number of anilines is 1. The molecule has 19 heavy (non-hydrogen) atoms. The first-order valence-electron chi connectivity index (χ1n) is 5.55. The van der Waals surface area contributed by atoms with Crippen LogP contribution < -0.4 is 10.5 Å². The molecular weight excluding hydrogens is 339 g/mol. The summed E-state index contributed by atoms with van der Waals surface area (Å²) < 4.78 is 39.6. The third-order valence-electron chi connectivity index (χ3n) is 2.75. The summed E-state index contributed by atoms with van der Waals surface area (Å²) in [6, 6.07) is 2.02. The van der Waals surface area contributed by atoms with E-state index >= 15 is 0 Å². The van der Waals surface area contributed by atoms with Gasteiger partial charge in [-0.25, -0.2) is 17.5 Å². The lowest BCUT2D eigenvalue weighted by molar-refractivity contribution is 0.0613. The van der Waals surface area contributed by atoms with Crippen LogP contribution in [0.1, 0.15) is 20.3 Å². The van der Waals surface area contributed by atoms with Gasteiger partial charge in [0.05, 0.1) is 16.2 Å². The Bertz CT molecular complexity index is 576. The average molecular weight is 355 g/mol. The van der Waals surface area contributed by atoms with Gasteiger partial charge in [0, 0.05) is 11.0 Å². The van der Waals surface area contributed by atoms with Gasteiger partial charge < -0.3 is 10.8 Å². The number of halogens is 2. The summed E-state index contributed by atoms with van der Waals surface area (Å²) in [6.45, 7) is 3.11. The van der Waals surface area contributed by atoms with Crippen molar-refractivity contribution in [3.63, 3.8) is 0 Å². The Morgan fingerprint density at radius 1 is 1.53 bits per heavy atom. The lowest BCUT2D eigenvalue weighted by atomic mass is 10.1. The number of aliphatic hydroxyl groups is 1. The smallest absolute Gasteiger partial charge is 0.241 e. The molecule has 0 bridgehead atoms. The first-order chi connectivity index (χ1) is 8.59. The van der Waals surface area contributed by atoms with E-state index in [0.29, 0.717) is 6.42 Å². The Hall–Kier alpha value is -0.700. The van der Waals surface area contributed by atoms with Gasteiger partial charge in [-0.05, 0) is 41.4 Å². The first kappa shape index (κ1) is 16.4. The number of benzene rings is 1. The molecule has 0 spiro atoms. The minimum atomic E-state index is -3.88. The molecule has 0 aromatic heterocycles. The van der Waals surface area contributed by atoms with E-state index in [1.165, 1.54) is 6.92 Å². The maximum atomic E-state index is 13.2. The monoisotopic (exact) mass is 354 g/mol. The van der Waals surface area contributed by atoms with Crippen LogP contribution in [0.3, 0.4) is 0 Å². The highest BCUT2D eigenvalue weighted by Crippen LogP contribution is 2.26. The Labute approximate surface area is 120 Å². The molecule has 0 fully saturated rings. The molecule has 1 aromatic carbocycles. The van der Waals surface area contributed by atoms with E-state index in [4.69, 9.17) is 5.73 Å². The number of nitrogens with one attached hydrogen (secondary N) is 1. The van der Waals surface area contributed by atoms with Crippen molar-refractivity contribution in [1.29, 1.82) is 0 Å². The van der Waals surface area contributed by atoms with E-state index in [0.717, 1.165) is 12.1 Å². The van der Waals surface area contributed by atoms with Crippen molar-refractivity contribution in [2.24, 2.45) is 0 Å². The van der Waals surface area contributed by atoms with Gasteiger partial charge in [-0.15, -0.1) is 0 Å². The van der Waals surface area contributed by atoms with Crippen LogP contribution in [-0.4, -0.2) is 25.7 Å². The van der Waals surface area contributed by atoms with Gasteiger partial charge in [0.25, 0.3) is 0 Å². The quantitative estimate of drug-likeness (QED) is 0.700. The molecule has 8 heteroatoms. The van der Waals surface area contributed by atoms with Crippen LogP contribution in [0.4, 0.5) is 10.1 Å². The number of sulfonamides is 1. The van der Waals surface area contributed by atoms with E-state index in [2.05, 4.69) is 20.7 Å². The van der Waals surface area contributed by atoms with E-state index in [1.807, 2.05) is 0 Å². The summed E-state index contributed by atoms with van der Waals surface area (Å²) in [4.78, 5) is -0.168. The second-order valence-corrected chi connectivity index (χ2v) is 7.07. The van der Waals surface area contributed by atoms with Gasteiger partial charge in [0.1, 0.15) is 5.82 Å². The van der Waals surface area contributed by atoms with Crippen LogP contribution in [-0.2, 0) is 10.0 Å². The molecular formula is C11H16BrFN2O3S. The van der Waals surface area contributed by atoms with Crippen molar-refractivity contribution in [2.45, 2.75) is 30.8 Å². The molecule has 0 amide bonds. The highest BCUT2D eigenvalue weighted by molar-refractivity contribution is 9.10. The minimum Gasteiger partial charge on any atom is -0.396 e. The van der Waals surface area contributed by atoms with Gasteiger partial charge in [-0.1, -0.05) is 6.92 Å². The van der Waals surface area contributed by atoms with Crippen LogP contribution in [0, 0.1) is 5.82 Å². The number of rotatable bonds is 5. The molecule has 0 radical (unpaired) electrons. The van der Waals surface area contributed by atoms with Crippen molar-refractivity contribution >= 4 is 31.6 Å². The van der Waals surface area contributed by atoms with Crippen molar-refractivity contribution in [3.8, 4) is 0 Å². The largest absolute Gasteiger partial charge is 0.396 e. The fraction of sp³-hybridized carbons (Fsp3) is 0.455. The molecule has 0 saturated heterocycles. The summed E-state index contributed by atoms with van der Waals surface area (Å²) in [5.41, 5.74) is 3.95. The molecule has 0 heterocycles. The first-order valence-corrected chi connectivity index (χ1v) is 7.83. The van der Waals surface area contributed by atoms with Crippen molar-refractivity contribution in [1.82, 2.24) is 4.72 Å². The molecule has 0 aliphatic heterocycles. The van der Waals surface area contributed by atoms with Gasteiger partial charge in [-0.2, -0.15) is 0 Å². The molecule has 1 atom stereocenters. The molecule has 1 unspecified atom stereocenters. The molecule has 1 aromatic rings. The Morgan fingerprint density at radius 2 is 2.11 bits per heavy atom. The van der Waals surface area contributed by atoms with Crippen molar-refractivity contribution in [3.05, 3.63) is 22.4 Å². The maximum Gasteiger partial charge on any atom is 0.241 e. The Morgan fingerprint density at radius 3 is 2.63 bits per heavy atom. The van der Waals surface area contributed by atoms with Gasteiger partial charge in [0.15, 0.2) is 0 Å². The number of hydrogen-bond donors (Lipinski definition) is 3. The summed E-state index contributed by atoms with van der Waals surface area (Å²) >= 11 is 2.98. The zero-order chi connectivity index (χ0) is 14.8. The lowest BCUT2D eigenvalue weighted by Gasteiger charge is -2.21. The summed E-state index contributed by atoms with van der Waals surface area (Å²) in [7, 11) is -3.88. The predicted octanol–water partition coefficient (Wildman–Crippen LogP) is 1.61. The minimum absolute atomic E-state index is 0.0721. The Balaban J connectivity index is 3.05. The van der Waals surface area contributed by atoms with Crippen LogP contribution in [0.5, 0.6) is 0 Å². The summed E-state index contributed by atoms with van der Waals surface area (Å²) in [5.74, 6) is -0.702. The van der Waals surface area contributed by atoms with E-state index in [9.17, 15) is 17.9 Å². The fourth-order valence-electron chi connectivity index (χ4n) is 1.20. The molecule has 0 aliphatic rings. The number of nitrogens with two attached hydrogens (primary N) is 1. The normalized spacial score (nSPS) is 15.2. The fourth-order valence-corrected chi connectivity index (χ4v) is 3.41. The van der Waals surface area contributed by atoms with Crippen molar-refractivity contribution < 1.29 is 17.9 Å². The third kappa shape index (κ3) is 4.13. The lowest BCUT2D eigenvalue weighted by Crippen LogP contribution is -2.40. The summed E-state index contributed by atoms with van der Waals surface area (Å²) in [6.07, 6.45) is 0.391. The predicted molar refractivity (Wildman–Crippen MR) is 74.6 cm³/mol. The van der Waals surface area contributed by atoms with Crippen LogP contribution in [0.15, 0.2) is 21.5 Å². The highest BCUT2D eigenvalue weighted by atomic mass is 79.9. The third-order valence-corrected chi connectivity index (χ3v) is 5.11. The summed E-state index contributed by atoms with van der Waals surface area (Å²) in [5, 5.41) is 9.78. The molecule has 0 aliphatic carbocycles.